The van der Waals surface area contributed by atoms with Gasteiger partial charge in [0.2, 0.25) is 0 Å². The van der Waals surface area contributed by atoms with Gasteiger partial charge in [-0.25, -0.2) is 4.39 Å². The van der Waals surface area contributed by atoms with Crippen LogP contribution in [0.3, 0.4) is 0 Å². The first-order valence-corrected chi connectivity index (χ1v) is 6.15. The summed E-state index contributed by atoms with van der Waals surface area (Å²) in [5.74, 6) is -0.0207. The van der Waals surface area contributed by atoms with E-state index in [0.29, 0.717) is 11.1 Å². The molecule has 1 fully saturated rings. The van der Waals surface area contributed by atoms with Crippen LogP contribution in [-0.2, 0) is 0 Å². The molecule has 1 aromatic carbocycles. The van der Waals surface area contributed by atoms with Gasteiger partial charge in [0.1, 0.15) is 5.82 Å². The van der Waals surface area contributed by atoms with E-state index >= 15 is 0 Å². The molecule has 0 atom stereocenters. The van der Waals surface area contributed by atoms with E-state index in [4.69, 9.17) is 9.84 Å². The zero-order chi connectivity index (χ0) is 13.5. The molecule has 0 N–H and O–H groups in total. The second-order valence-corrected chi connectivity index (χ2v) is 4.61. The zero-order valence-electron chi connectivity index (χ0n) is 11.4. The Bertz CT molecular complexity index is 404. The Balaban J connectivity index is 0.00000103. The Morgan fingerprint density at radius 2 is 1.79 bits per heavy atom. The number of hydrogen-bond acceptors (Lipinski definition) is 2. The number of carbonyl (C=O) groups is 1. The zero-order valence-corrected chi connectivity index (χ0v) is 13.4. The van der Waals surface area contributed by atoms with E-state index in [-0.39, 0.29) is 47.1 Å². The molecule has 1 aliphatic rings. The number of Topliss-reactive ketones (excluding diaryl/α,β-unsaturated/α-hetero) is 1. The van der Waals surface area contributed by atoms with Gasteiger partial charge in [-0.05, 0) is 31.4 Å². The van der Waals surface area contributed by atoms with E-state index < -0.39 is 0 Å². The van der Waals surface area contributed by atoms with Crippen molar-refractivity contribution < 1.29 is 48.6 Å². The molecular weight excluding hydrogens is 261 g/mol. The maximum atomic E-state index is 13.4. The van der Waals surface area contributed by atoms with Crippen molar-refractivity contribution in [3.63, 3.8) is 0 Å². The summed E-state index contributed by atoms with van der Waals surface area (Å²) < 4.78 is 21.6. The summed E-state index contributed by atoms with van der Waals surface area (Å²) in [5.41, 5.74) is 1.07. The number of ketones is 1. The van der Waals surface area contributed by atoms with E-state index in [0.717, 1.165) is 25.7 Å². The summed E-state index contributed by atoms with van der Waals surface area (Å²) in [6.45, 7) is 1.69. The Morgan fingerprint density at radius 1 is 1.21 bits per heavy atom. The van der Waals surface area contributed by atoms with E-state index in [1.54, 1.807) is 19.1 Å². The molecule has 1 aliphatic carbocycles. The van der Waals surface area contributed by atoms with Gasteiger partial charge in [-0.2, -0.15) is 0 Å². The van der Waals surface area contributed by atoms with Crippen LogP contribution in [0.15, 0.2) is 18.2 Å². The minimum absolute atomic E-state index is 0. The molecule has 19 heavy (non-hydrogen) atoms. The molecule has 0 amide bonds. The van der Waals surface area contributed by atoms with Gasteiger partial charge in [-0.1, -0.05) is 31.4 Å². The number of rotatable bonds is 2. The minimum Gasteiger partial charge on any atom is -0.682 e. The second-order valence-electron chi connectivity index (χ2n) is 4.61. The number of benzene rings is 1. The van der Waals surface area contributed by atoms with Crippen LogP contribution in [0.1, 0.15) is 48.0 Å². The maximum Gasteiger partial charge on any atom is 1.00 e. The smallest absolute Gasteiger partial charge is 0.682 e. The summed E-state index contributed by atoms with van der Waals surface area (Å²) >= 11 is 0. The fourth-order valence-electron chi connectivity index (χ4n) is 2.46. The van der Waals surface area contributed by atoms with Gasteiger partial charge in [0.05, 0.1) is 0 Å². The third kappa shape index (κ3) is 4.95. The van der Waals surface area contributed by atoms with Crippen molar-refractivity contribution in [2.75, 3.05) is 0 Å². The third-order valence-electron chi connectivity index (χ3n) is 3.51. The van der Waals surface area contributed by atoms with Crippen molar-refractivity contribution in [2.45, 2.75) is 39.0 Å². The normalized spacial score (nSPS) is 14.9. The summed E-state index contributed by atoms with van der Waals surface area (Å²) in [6.07, 6.45) is 5.42. The topological polar surface area (TPSA) is 40.1 Å². The van der Waals surface area contributed by atoms with Crippen molar-refractivity contribution in [1.82, 2.24) is 0 Å². The molecule has 0 unspecified atom stereocenters. The van der Waals surface area contributed by atoms with Crippen LogP contribution in [0.25, 0.3) is 0 Å². The standard InChI is InChI=1S/C14H17FO.FO.Na/c1-10-12(8-5-9-13(10)15)14(16)11-6-3-2-4-7-11;1-2;/h5,8-9,11H,2-4,6-7H2,1H3;;/q;-1;+1. The van der Waals surface area contributed by atoms with Crippen LogP contribution in [0.5, 0.6) is 0 Å². The van der Waals surface area contributed by atoms with Gasteiger partial charge in [-0.15, -0.1) is 0 Å². The summed E-state index contributed by atoms with van der Waals surface area (Å²) in [5, 5.41) is 6.75. The Labute approximate surface area is 134 Å². The van der Waals surface area contributed by atoms with Crippen molar-refractivity contribution in [2.24, 2.45) is 5.92 Å². The van der Waals surface area contributed by atoms with Crippen LogP contribution >= 0.6 is 0 Å². The molecule has 1 saturated carbocycles. The van der Waals surface area contributed by atoms with E-state index in [9.17, 15) is 9.18 Å². The minimum atomic E-state index is -0.276. The van der Waals surface area contributed by atoms with E-state index in [2.05, 4.69) is 0 Å². The van der Waals surface area contributed by atoms with Gasteiger partial charge in [0.15, 0.2) is 5.78 Å². The Morgan fingerprint density at radius 3 is 2.37 bits per heavy atom. The molecule has 5 heteroatoms. The molecular formula is C14H17F2NaO2. The van der Waals surface area contributed by atoms with Crippen LogP contribution in [0, 0.1) is 18.7 Å². The average Bonchev–Trinajstić information content (AvgIpc) is 2.44. The quantitative estimate of drug-likeness (QED) is 0.570. The molecule has 2 nitrogen and oxygen atoms in total. The van der Waals surface area contributed by atoms with Crippen LogP contribution in [-0.4, -0.2) is 5.78 Å². The number of halogens is 2. The largest absolute Gasteiger partial charge is 1.00 e. The molecule has 0 aromatic heterocycles. The van der Waals surface area contributed by atoms with Crippen LogP contribution < -0.4 is 34.9 Å². The molecule has 0 bridgehead atoms. The average molecular weight is 278 g/mol. The fourth-order valence-corrected chi connectivity index (χ4v) is 2.46. The summed E-state index contributed by atoms with van der Waals surface area (Å²) in [7, 11) is 0. The second kappa shape index (κ2) is 9.59. The van der Waals surface area contributed by atoms with Gasteiger partial charge in [0.25, 0.3) is 0 Å². The van der Waals surface area contributed by atoms with Crippen molar-refractivity contribution in [3.05, 3.63) is 35.1 Å². The van der Waals surface area contributed by atoms with E-state index in [1.165, 1.54) is 12.5 Å². The molecule has 0 aliphatic heterocycles. The predicted molar refractivity (Wildman–Crippen MR) is 63.2 cm³/mol. The molecule has 0 spiro atoms. The van der Waals surface area contributed by atoms with Crippen molar-refractivity contribution >= 4 is 5.78 Å². The first-order valence-electron chi connectivity index (χ1n) is 6.15. The molecule has 0 radical (unpaired) electrons. The van der Waals surface area contributed by atoms with Crippen molar-refractivity contribution in [3.8, 4) is 0 Å². The molecule has 2 rings (SSSR count). The van der Waals surface area contributed by atoms with Crippen molar-refractivity contribution in [1.29, 1.82) is 0 Å². The fraction of sp³-hybridized carbons (Fsp3) is 0.500. The summed E-state index contributed by atoms with van der Waals surface area (Å²) in [6, 6.07) is 4.78. The predicted octanol–water partition coefficient (Wildman–Crippen LogP) is 0.132. The maximum absolute atomic E-state index is 13.4. The molecule has 100 valence electrons. The molecule has 0 saturated heterocycles. The Kier molecular flexibility index (Phi) is 9.44. The SMILES string of the molecule is Cc1c(F)cccc1C(=O)C1CCCCC1.[Na+].[O-]F. The number of hydrogen-bond donors (Lipinski definition) is 0. The van der Waals surface area contributed by atoms with Crippen LogP contribution in [0.2, 0.25) is 0 Å². The van der Waals surface area contributed by atoms with Gasteiger partial charge < -0.3 is 9.84 Å². The summed E-state index contributed by atoms with van der Waals surface area (Å²) in [4.78, 5) is 12.2. The molecule has 0 heterocycles. The van der Waals surface area contributed by atoms with Gasteiger partial charge >= 0.3 is 29.6 Å². The first kappa shape index (κ1) is 18.7. The first-order chi connectivity index (χ1) is 8.70. The van der Waals surface area contributed by atoms with Gasteiger partial charge in [0, 0.05) is 11.5 Å². The molecule has 1 aromatic rings. The van der Waals surface area contributed by atoms with Crippen LogP contribution in [0.4, 0.5) is 8.92 Å². The van der Waals surface area contributed by atoms with E-state index in [1.807, 2.05) is 0 Å². The third-order valence-corrected chi connectivity index (χ3v) is 3.51. The van der Waals surface area contributed by atoms with Gasteiger partial charge in [-0.3, -0.25) is 4.79 Å². The monoisotopic (exact) mass is 278 g/mol. The number of carbonyl (C=O) groups excluding carboxylic acids is 1. The Hall–Kier alpha value is -0.290.